The summed E-state index contributed by atoms with van der Waals surface area (Å²) in [6, 6.07) is 6.98. The predicted molar refractivity (Wildman–Crippen MR) is 152 cm³/mol. The van der Waals surface area contributed by atoms with E-state index < -0.39 is 35.0 Å². The van der Waals surface area contributed by atoms with Crippen molar-refractivity contribution >= 4 is 29.2 Å². The van der Waals surface area contributed by atoms with Gasteiger partial charge in [0.2, 0.25) is 5.91 Å². The number of aliphatic hydroxyl groups is 1. The smallest absolute Gasteiger partial charge is 0.313 e. The van der Waals surface area contributed by atoms with Crippen LogP contribution in [0.2, 0.25) is 0 Å². The molecule has 9 nitrogen and oxygen atoms in total. The van der Waals surface area contributed by atoms with Gasteiger partial charge in [-0.05, 0) is 63.8 Å². The van der Waals surface area contributed by atoms with Crippen LogP contribution >= 0.6 is 0 Å². The van der Waals surface area contributed by atoms with Crippen LogP contribution in [-0.4, -0.2) is 84.4 Å². The van der Waals surface area contributed by atoms with Crippen molar-refractivity contribution in [3.63, 3.8) is 0 Å². The number of amides is 2. The van der Waals surface area contributed by atoms with E-state index in [0.717, 1.165) is 24.5 Å². The third kappa shape index (κ3) is 4.43. The first-order chi connectivity index (χ1) is 19.4. The first kappa shape index (κ1) is 28.4. The maximum atomic E-state index is 14.5. The topological polar surface area (TPSA) is 99.6 Å². The second-order valence-electron chi connectivity index (χ2n) is 11.0. The summed E-state index contributed by atoms with van der Waals surface area (Å²) in [5, 5.41) is 9.41. The Balaban J connectivity index is 1.58. The van der Waals surface area contributed by atoms with Crippen molar-refractivity contribution in [3.05, 3.63) is 48.6 Å². The highest BCUT2D eigenvalue weighted by Crippen LogP contribution is 2.58. The summed E-state index contributed by atoms with van der Waals surface area (Å²) in [7, 11) is 0. The molecule has 0 radical (unpaired) electrons. The monoisotopic (exact) mass is 551 g/mol. The third-order valence-electron chi connectivity index (χ3n) is 9.00. The molecule has 9 heteroatoms. The third-order valence-corrected chi connectivity index (χ3v) is 9.00. The number of aliphatic hydroxyl groups excluding tert-OH is 1. The molecule has 216 valence electrons. The van der Waals surface area contributed by atoms with Crippen molar-refractivity contribution in [3.8, 4) is 0 Å². The number of carbonyl (C=O) groups excluding carboxylic acids is 3. The van der Waals surface area contributed by atoms with Gasteiger partial charge in [-0.15, -0.1) is 0 Å². The lowest BCUT2D eigenvalue weighted by Crippen LogP contribution is -2.56. The van der Waals surface area contributed by atoms with Crippen LogP contribution in [0.4, 0.5) is 11.4 Å². The minimum atomic E-state index is -1.31. The van der Waals surface area contributed by atoms with Crippen molar-refractivity contribution in [2.75, 3.05) is 49.2 Å². The van der Waals surface area contributed by atoms with E-state index in [4.69, 9.17) is 9.47 Å². The Morgan fingerprint density at radius 3 is 2.40 bits per heavy atom. The molecule has 2 amide bonds. The molecule has 2 saturated heterocycles. The van der Waals surface area contributed by atoms with E-state index in [9.17, 15) is 19.5 Å². The number of unbranched alkanes of at least 4 members (excludes halogenated alkanes) is 1. The van der Waals surface area contributed by atoms with Gasteiger partial charge < -0.3 is 29.3 Å². The fourth-order valence-corrected chi connectivity index (χ4v) is 7.03. The Kier molecular flexibility index (Phi) is 8.06. The van der Waals surface area contributed by atoms with Gasteiger partial charge in [0.25, 0.3) is 5.91 Å². The Hall–Kier alpha value is -3.17. The van der Waals surface area contributed by atoms with Crippen LogP contribution < -0.4 is 9.80 Å². The van der Waals surface area contributed by atoms with Gasteiger partial charge >= 0.3 is 5.97 Å². The SMILES string of the molecule is CCN(CC)c1ccc(N2CC=C[C@]34O[C@]5(CC)C=CCCOC(=O)[C@@H]5[C@H]3C(=O)N(CCCCO)C4C2=O)cc1. The number of fused-ring (bicyclic) bond motifs is 2. The van der Waals surface area contributed by atoms with Crippen molar-refractivity contribution in [1.82, 2.24) is 4.90 Å². The molecule has 1 unspecified atom stereocenters. The summed E-state index contributed by atoms with van der Waals surface area (Å²) < 4.78 is 12.5. The quantitative estimate of drug-likeness (QED) is 0.286. The number of carbonyl (C=O) groups is 3. The zero-order chi connectivity index (χ0) is 28.5. The molecule has 1 spiro atoms. The summed E-state index contributed by atoms with van der Waals surface area (Å²) in [5.74, 6) is -2.70. The fraction of sp³-hybridized carbons (Fsp3) is 0.581. The molecule has 0 aromatic heterocycles. The second kappa shape index (κ2) is 11.4. The molecule has 0 bridgehead atoms. The molecule has 1 N–H and O–H groups in total. The molecular formula is C31H41N3O6. The van der Waals surface area contributed by atoms with E-state index in [1.807, 2.05) is 55.5 Å². The minimum Gasteiger partial charge on any atom is -0.465 e. The highest BCUT2D eigenvalue weighted by Gasteiger charge is 2.75. The van der Waals surface area contributed by atoms with Gasteiger partial charge in [0.15, 0.2) is 0 Å². The fourth-order valence-electron chi connectivity index (χ4n) is 7.03. The lowest BCUT2D eigenvalue weighted by Gasteiger charge is -2.38. The number of nitrogens with zero attached hydrogens (tertiary/aromatic N) is 3. The van der Waals surface area contributed by atoms with Crippen LogP contribution in [0, 0.1) is 11.8 Å². The van der Waals surface area contributed by atoms with Crippen LogP contribution in [0.15, 0.2) is 48.6 Å². The van der Waals surface area contributed by atoms with Gasteiger partial charge in [-0.1, -0.05) is 31.2 Å². The lowest BCUT2D eigenvalue weighted by molar-refractivity contribution is -0.160. The zero-order valence-electron chi connectivity index (χ0n) is 23.8. The molecule has 40 heavy (non-hydrogen) atoms. The average Bonchev–Trinajstić information content (AvgIpc) is 3.30. The minimum absolute atomic E-state index is 0.00464. The molecule has 2 fully saturated rings. The number of hydrogen-bond donors (Lipinski definition) is 1. The van der Waals surface area contributed by atoms with Gasteiger partial charge in [0.1, 0.15) is 23.2 Å². The maximum Gasteiger partial charge on any atom is 0.313 e. The van der Waals surface area contributed by atoms with E-state index in [1.165, 1.54) is 0 Å². The lowest BCUT2D eigenvalue weighted by atomic mass is 9.73. The van der Waals surface area contributed by atoms with E-state index in [-0.39, 0.29) is 31.6 Å². The number of rotatable bonds is 9. The van der Waals surface area contributed by atoms with Crippen LogP contribution in [-0.2, 0) is 23.9 Å². The number of ether oxygens (including phenoxy) is 2. The standard InChI is InChI=1S/C31H41N3O6/c1-4-30-16-7-10-21-39-29(38)25(30)24-27(36)34(18-8-9-20-35)26-28(37)33(19-11-17-31(24,26)40-30)23-14-12-22(13-15-23)32(5-2)6-3/h7,11-17,24-26,35H,4-6,8-10,18-21H2,1-3H3/t24-,25-,26?,30+,31-/m0/s1. The van der Waals surface area contributed by atoms with E-state index >= 15 is 0 Å². The zero-order valence-corrected chi connectivity index (χ0v) is 23.8. The molecule has 4 aliphatic rings. The van der Waals surface area contributed by atoms with Crippen molar-refractivity contribution in [2.45, 2.75) is 63.7 Å². The maximum absolute atomic E-state index is 14.5. The van der Waals surface area contributed by atoms with Crippen LogP contribution in [0.3, 0.4) is 0 Å². The largest absolute Gasteiger partial charge is 0.465 e. The van der Waals surface area contributed by atoms with Gasteiger partial charge in [0.05, 0.1) is 12.5 Å². The summed E-state index contributed by atoms with van der Waals surface area (Å²) in [6.07, 6.45) is 9.68. The molecule has 0 saturated carbocycles. The Labute approximate surface area is 236 Å². The normalized spacial score (nSPS) is 31.3. The molecule has 4 aliphatic heterocycles. The molecule has 1 aromatic carbocycles. The number of anilines is 2. The molecule has 0 aliphatic carbocycles. The Bertz CT molecular complexity index is 1180. The summed E-state index contributed by atoms with van der Waals surface area (Å²) in [5.41, 5.74) is -0.534. The number of cyclic esters (lactones) is 1. The second-order valence-corrected chi connectivity index (χ2v) is 11.0. The summed E-state index contributed by atoms with van der Waals surface area (Å²) in [4.78, 5) is 47.7. The van der Waals surface area contributed by atoms with Crippen molar-refractivity contribution in [2.24, 2.45) is 11.8 Å². The van der Waals surface area contributed by atoms with Gasteiger partial charge in [0, 0.05) is 44.2 Å². The predicted octanol–water partition coefficient (Wildman–Crippen LogP) is 3.07. The summed E-state index contributed by atoms with van der Waals surface area (Å²) >= 11 is 0. The molecule has 1 aromatic rings. The molecule has 4 heterocycles. The number of esters is 1. The molecule has 5 atom stereocenters. The van der Waals surface area contributed by atoms with Crippen LogP contribution in [0.5, 0.6) is 0 Å². The van der Waals surface area contributed by atoms with Gasteiger partial charge in [-0.2, -0.15) is 0 Å². The summed E-state index contributed by atoms with van der Waals surface area (Å²) in [6.45, 7) is 8.77. The first-order valence-electron chi connectivity index (χ1n) is 14.7. The van der Waals surface area contributed by atoms with E-state index in [2.05, 4.69) is 18.7 Å². The van der Waals surface area contributed by atoms with Gasteiger partial charge in [-0.25, -0.2) is 0 Å². The van der Waals surface area contributed by atoms with Gasteiger partial charge in [-0.3, -0.25) is 14.4 Å². The number of likely N-dealkylation sites (tertiary alicyclic amines) is 1. The van der Waals surface area contributed by atoms with Crippen LogP contribution in [0.1, 0.15) is 46.5 Å². The highest BCUT2D eigenvalue weighted by molar-refractivity contribution is 6.05. The van der Waals surface area contributed by atoms with Crippen molar-refractivity contribution < 1.29 is 29.0 Å². The average molecular weight is 552 g/mol. The number of hydrogen-bond acceptors (Lipinski definition) is 7. The van der Waals surface area contributed by atoms with Crippen molar-refractivity contribution in [1.29, 1.82) is 0 Å². The van der Waals surface area contributed by atoms with E-state index in [0.29, 0.717) is 32.2 Å². The Morgan fingerprint density at radius 2 is 1.73 bits per heavy atom. The first-order valence-corrected chi connectivity index (χ1v) is 14.7. The van der Waals surface area contributed by atoms with Crippen LogP contribution in [0.25, 0.3) is 0 Å². The number of benzene rings is 1. The highest BCUT2D eigenvalue weighted by atomic mass is 16.6. The molecule has 5 rings (SSSR count). The van der Waals surface area contributed by atoms with E-state index in [1.54, 1.807) is 9.80 Å². The Morgan fingerprint density at radius 1 is 0.975 bits per heavy atom. The molecular weight excluding hydrogens is 510 g/mol.